The van der Waals surface area contributed by atoms with Crippen LogP contribution in [0.3, 0.4) is 0 Å². The number of hydrogen-bond donors (Lipinski definition) is 2. The zero-order valence-electron chi connectivity index (χ0n) is 10.9. The number of nitrogens with zero attached hydrogens (tertiary/aromatic N) is 1. The number of aromatic nitrogens is 1. The van der Waals surface area contributed by atoms with Crippen LogP contribution in [-0.4, -0.2) is 26.6 Å². The molecule has 0 aliphatic carbocycles. The number of nitrogens with one attached hydrogen (secondary N) is 1. The molecule has 2 rings (SSSR count). The van der Waals surface area contributed by atoms with E-state index >= 15 is 0 Å². The topological polar surface area (TPSA) is 94.3 Å². The van der Waals surface area contributed by atoms with E-state index in [1.54, 1.807) is 31.2 Å². The molecule has 0 saturated heterocycles. The third-order valence-electron chi connectivity index (χ3n) is 2.41. The summed E-state index contributed by atoms with van der Waals surface area (Å²) in [5.74, 6) is 0.645. The lowest BCUT2D eigenvalue weighted by Gasteiger charge is -2.07. The van der Waals surface area contributed by atoms with Gasteiger partial charge in [-0.05, 0) is 31.2 Å². The molecular formula is C12H15N3O3S2. The second kappa shape index (κ2) is 6.21. The first-order valence-electron chi connectivity index (χ1n) is 5.88. The van der Waals surface area contributed by atoms with E-state index in [0.717, 1.165) is 11.3 Å². The number of aryl methyl sites for hydroxylation is 1. The number of anilines is 1. The fraction of sp³-hybridized carbons (Fsp3) is 0.250. The number of nitrogen functional groups attached to an aromatic ring is 1. The Hall–Kier alpha value is -1.64. The standard InChI is InChI=1S/C12H15N3O3S2/c1-9-14-8-12(19-9)20(16,17)15-6-7-18-11-4-2-10(13)3-5-11/h2-5,8,15H,6-7,13H2,1H3. The summed E-state index contributed by atoms with van der Waals surface area (Å²) in [6.45, 7) is 2.18. The Labute approximate surface area is 121 Å². The predicted molar refractivity (Wildman–Crippen MR) is 78.4 cm³/mol. The van der Waals surface area contributed by atoms with Crippen LogP contribution in [0.25, 0.3) is 0 Å². The average molecular weight is 313 g/mol. The van der Waals surface area contributed by atoms with Crippen molar-refractivity contribution in [3.63, 3.8) is 0 Å². The molecule has 0 fully saturated rings. The van der Waals surface area contributed by atoms with Crippen LogP contribution < -0.4 is 15.2 Å². The first kappa shape index (κ1) is 14.8. The number of benzene rings is 1. The minimum absolute atomic E-state index is 0.184. The van der Waals surface area contributed by atoms with Gasteiger partial charge >= 0.3 is 0 Å². The molecule has 1 aromatic carbocycles. The van der Waals surface area contributed by atoms with Gasteiger partial charge in [-0.15, -0.1) is 11.3 Å². The van der Waals surface area contributed by atoms with Crippen molar-refractivity contribution in [3.05, 3.63) is 35.5 Å². The molecule has 0 unspecified atom stereocenters. The van der Waals surface area contributed by atoms with Crippen LogP contribution >= 0.6 is 11.3 Å². The van der Waals surface area contributed by atoms with Gasteiger partial charge in [-0.2, -0.15) is 0 Å². The zero-order valence-corrected chi connectivity index (χ0v) is 12.5. The maximum absolute atomic E-state index is 11.9. The van der Waals surface area contributed by atoms with Gasteiger partial charge in [0.15, 0.2) is 4.21 Å². The Balaban J connectivity index is 1.82. The van der Waals surface area contributed by atoms with Crippen LogP contribution in [0.15, 0.2) is 34.7 Å². The van der Waals surface area contributed by atoms with Crippen LogP contribution in [0.5, 0.6) is 5.75 Å². The van der Waals surface area contributed by atoms with Gasteiger partial charge in [-0.25, -0.2) is 18.1 Å². The Morgan fingerprint density at radius 1 is 1.35 bits per heavy atom. The number of ether oxygens (including phenoxy) is 1. The highest BCUT2D eigenvalue weighted by Crippen LogP contribution is 2.17. The Morgan fingerprint density at radius 3 is 2.65 bits per heavy atom. The molecule has 0 aliphatic heterocycles. The molecule has 0 spiro atoms. The van der Waals surface area contributed by atoms with E-state index in [1.165, 1.54) is 6.20 Å². The van der Waals surface area contributed by atoms with Crippen molar-refractivity contribution >= 4 is 27.0 Å². The molecule has 8 heteroatoms. The lowest BCUT2D eigenvalue weighted by atomic mass is 10.3. The molecule has 20 heavy (non-hydrogen) atoms. The Bertz CT molecular complexity index is 666. The summed E-state index contributed by atoms with van der Waals surface area (Å²) in [7, 11) is -3.49. The SMILES string of the molecule is Cc1ncc(S(=O)(=O)NCCOc2ccc(N)cc2)s1. The predicted octanol–water partition coefficient (Wildman–Crippen LogP) is 1.39. The number of rotatable bonds is 6. The van der Waals surface area contributed by atoms with E-state index in [0.29, 0.717) is 16.4 Å². The van der Waals surface area contributed by atoms with Crippen molar-refractivity contribution in [1.82, 2.24) is 9.71 Å². The maximum Gasteiger partial charge on any atom is 0.251 e. The van der Waals surface area contributed by atoms with Gasteiger partial charge in [0.05, 0.1) is 11.2 Å². The van der Waals surface area contributed by atoms with Crippen LogP contribution in [0, 0.1) is 6.92 Å². The quantitative estimate of drug-likeness (QED) is 0.621. The number of sulfonamides is 1. The molecule has 1 heterocycles. The van der Waals surface area contributed by atoms with Gasteiger partial charge in [0.25, 0.3) is 10.0 Å². The number of nitrogens with two attached hydrogens (primary N) is 1. The highest BCUT2D eigenvalue weighted by atomic mass is 32.2. The Morgan fingerprint density at radius 2 is 2.05 bits per heavy atom. The van der Waals surface area contributed by atoms with Crippen LogP contribution in [0.1, 0.15) is 5.01 Å². The average Bonchev–Trinajstić information content (AvgIpc) is 2.84. The van der Waals surface area contributed by atoms with Crippen molar-refractivity contribution in [1.29, 1.82) is 0 Å². The first-order chi connectivity index (χ1) is 9.47. The molecule has 2 aromatic rings. The molecule has 0 saturated carbocycles. The molecule has 3 N–H and O–H groups in total. The lowest BCUT2D eigenvalue weighted by molar-refractivity contribution is 0.323. The van der Waals surface area contributed by atoms with E-state index in [1.807, 2.05) is 0 Å². The van der Waals surface area contributed by atoms with Crippen molar-refractivity contribution in [2.24, 2.45) is 0 Å². The van der Waals surface area contributed by atoms with E-state index in [-0.39, 0.29) is 17.4 Å². The molecule has 0 bridgehead atoms. The van der Waals surface area contributed by atoms with Gasteiger partial charge in [0, 0.05) is 12.2 Å². The van der Waals surface area contributed by atoms with Gasteiger partial charge in [0.2, 0.25) is 0 Å². The molecule has 0 atom stereocenters. The van der Waals surface area contributed by atoms with Gasteiger partial charge in [-0.1, -0.05) is 0 Å². The van der Waals surface area contributed by atoms with Crippen LogP contribution in [-0.2, 0) is 10.0 Å². The molecule has 6 nitrogen and oxygen atoms in total. The molecular weight excluding hydrogens is 298 g/mol. The van der Waals surface area contributed by atoms with Crippen LogP contribution in [0.4, 0.5) is 5.69 Å². The minimum atomic E-state index is -3.49. The van der Waals surface area contributed by atoms with Crippen LogP contribution in [0.2, 0.25) is 0 Å². The second-order valence-corrected chi connectivity index (χ2v) is 7.24. The molecule has 108 valence electrons. The van der Waals surface area contributed by atoms with Gasteiger partial charge in [0.1, 0.15) is 12.4 Å². The summed E-state index contributed by atoms with van der Waals surface area (Å²) >= 11 is 1.13. The fourth-order valence-corrected chi connectivity index (χ4v) is 3.61. The third kappa shape index (κ3) is 3.92. The molecule has 1 aromatic heterocycles. The summed E-state index contributed by atoms with van der Waals surface area (Å²) in [6.07, 6.45) is 1.35. The molecule has 0 amide bonds. The minimum Gasteiger partial charge on any atom is -0.492 e. The van der Waals surface area contributed by atoms with Gasteiger partial charge in [-0.3, -0.25) is 0 Å². The van der Waals surface area contributed by atoms with E-state index in [2.05, 4.69) is 9.71 Å². The number of thiazole rings is 1. The first-order valence-corrected chi connectivity index (χ1v) is 8.18. The van der Waals surface area contributed by atoms with Crippen molar-refractivity contribution < 1.29 is 13.2 Å². The smallest absolute Gasteiger partial charge is 0.251 e. The Kier molecular flexibility index (Phi) is 4.58. The largest absolute Gasteiger partial charge is 0.492 e. The fourth-order valence-electron chi connectivity index (χ4n) is 1.45. The summed E-state index contributed by atoms with van der Waals surface area (Å²) in [4.78, 5) is 3.92. The summed E-state index contributed by atoms with van der Waals surface area (Å²) < 4.78 is 31.9. The summed E-state index contributed by atoms with van der Waals surface area (Å²) in [5.41, 5.74) is 6.20. The highest BCUT2D eigenvalue weighted by molar-refractivity contribution is 7.91. The van der Waals surface area contributed by atoms with E-state index < -0.39 is 10.0 Å². The summed E-state index contributed by atoms with van der Waals surface area (Å²) in [6, 6.07) is 6.91. The van der Waals surface area contributed by atoms with Crippen molar-refractivity contribution in [2.45, 2.75) is 11.1 Å². The van der Waals surface area contributed by atoms with E-state index in [4.69, 9.17) is 10.5 Å². The number of hydrogen-bond acceptors (Lipinski definition) is 6. The lowest BCUT2D eigenvalue weighted by Crippen LogP contribution is -2.27. The monoisotopic (exact) mass is 313 g/mol. The van der Waals surface area contributed by atoms with E-state index in [9.17, 15) is 8.42 Å². The second-order valence-electron chi connectivity index (χ2n) is 4.01. The highest BCUT2D eigenvalue weighted by Gasteiger charge is 2.16. The molecule has 0 aliphatic rings. The third-order valence-corrected chi connectivity index (χ3v) is 5.24. The summed E-state index contributed by atoms with van der Waals surface area (Å²) in [5, 5.41) is 0.712. The maximum atomic E-state index is 11.9. The normalized spacial score (nSPS) is 11.4. The van der Waals surface area contributed by atoms with Crippen molar-refractivity contribution in [3.8, 4) is 5.75 Å². The zero-order chi connectivity index (χ0) is 14.6. The van der Waals surface area contributed by atoms with Crippen molar-refractivity contribution in [2.75, 3.05) is 18.9 Å². The van der Waals surface area contributed by atoms with Gasteiger partial charge < -0.3 is 10.5 Å². The molecule has 0 radical (unpaired) electrons.